The standard InChI is InChI=1S/C16H15F3N2O2/c1-23-14-7-2-4-11(8-14)10-20-15(22)21-13-6-3-5-12(9-13)16(17,18)19/h2-9H,10H2,1H3,(H2,20,21,22). The lowest BCUT2D eigenvalue weighted by molar-refractivity contribution is -0.137. The lowest BCUT2D eigenvalue weighted by Gasteiger charge is -2.11. The van der Waals surface area contributed by atoms with Gasteiger partial charge in [0, 0.05) is 12.2 Å². The molecule has 0 fully saturated rings. The first-order chi connectivity index (χ1) is 10.9. The number of urea groups is 1. The van der Waals surface area contributed by atoms with E-state index in [4.69, 9.17) is 4.74 Å². The molecule has 23 heavy (non-hydrogen) atoms. The molecule has 0 aromatic heterocycles. The van der Waals surface area contributed by atoms with Gasteiger partial charge in [-0.2, -0.15) is 13.2 Å². The van der Waals surface area contributed by atoms with Gasteiger partial charge in [0.2, 0.25) is 0 Å². The molecule has 2 amide bonds. The number of amides is 2. The zero-order chi connectivity index (χ0) is 16.9. The van der Waals surface area contributed by atoms with E-state index in [0.29, 0.717) is 5.75 Å². The molecule has 2 rings (SSSR count). The Morgan fingerprint density at radius 2 is 1.87 bits per heavy atom. The summed E-state index contributed by atoms with van der Waals surface area (Å²) < 4.78 is 42.9. The molecule has 7 heteroatoms. The summed E-state index contributed by atoms with van der Waals surface area (Å²) in [6.45, 7) is 0.224. The molecule has 0 atom stereocenters. The second kappa shape index (κ2) is 7.04. The van der Waals surface area contributed by atoms with Crippen molar-refractivity contribution in [2.24, 2.45) is 0 Å². The zero-order valence-corrected chi connectivity index (χ0v) is 12.3. The van der Waals surface area contributed by atoms with E-state index in [9.17, 15) is 18.0 Å². The van der Waals surface area contributed by atoms with Gasteiger partial charge >= 0.3 is 12.2 Å². The summed E-state index contributed by atoms with van der Waals surface area (Å²) in [4.78, 5) is 11.8. The Balaban J connectivity index is 1.94. The van der Waals surface area contributed by atoms with Crippen molar-refractivity contribution in [2.45, 2.75) is 12.7 Å². The summed E-state index contributed by atoms with van der Waals surface area (Å²) in [6, 6.07) is 11.0. The predicted octanol–water partition coefficient (Wildman–Crippen LogP) is 4.04. The summed E-state index contributed by atoms with van der Waals surface area (Å²) in [7, 11) is 1.53. The third kappa shape index (κ3) is 4.91. The minimum Gasteiger partial charge on any atom is -0.497 e. The molecule has 122 valence electrons. The van der Waals surface area contributed by atoms with Crippen LogP contribution < -0.4 is 15.4 Å². The average molecular weight is 324 g/mol. The Labute approximate surface area is 131 Å². The minimum atomic E-state index is -4.45. The molecule has 0 unspecified atom stereocenters. The number of benzene rings is 2. The van der Waals surface area contributed by atoms with Crippen LogP contribution in [0.15, 0.2) is 48.5 Å². The molecular weight excluding hydrogens is 309 g/mol. The van der Waals surface area contributed by atoms with Crippen LogP contribution in [0.1, 0.15) is 11.1 Å². The maximum atomic E-state index is 12.6. The van der Waals surface area contributed by atoms with E-state index < -0.39 is 17.8 Å². The van der Waals surface area contributed by atoms with Crippen molar-refractivity contribution in [3.05, 3.63) is 59.7 Å². The normalized spacial score (nSPS) is 11.0. The molecule has 2 N–H and O–H groups in total. The molecule has 0 aliphatic carbocycles. The number of ether oxygens (including phenoxy) is 1. The number of rotatable bonds is 4. The largest absolute Gasteiger partial charge is 0.497 e. The molecule has 0 saturated carbocycles. The van der Waals surface area contributed by atoms with Gasteiger partial charge in [0.05, 0.1) is 12.7 Å². The summed E-state index contributed by atoms with van der Waals surface area (Å²) in [6.07, 6.45) is -4.45. The van der Waals surface area contributed by atoms with Crippen LogP contribution in [-0.2, 0) is 12.7 Å². The molecule has 0 aliphatic rings. The highest BCUT2D eigenvalue weighted by Crippen LogP contribution is 2.30. The maximum absolute atomic E-state index is 12.6. The Bertz CT molecular complexity index is 687. The smallest absolute Gasteiger partial charge is 0.416 e. The van der Waals surface area contributed by atoms with Crippen molar-refractivity contribution >= 4 is 11.7 Å². The van der Waals surface area contributed by atoms with Gasteiger partial charge in [0.15, 0.2) is 0 Å². The van der Waals surface area contributed by atoms with Gasteiger partial charge in [-0.05, 0) is 35.9 Å². The van der Waals surface area contributed by atoms with E-state index >= 15 is 0 Å². The van der Waals surface area contributed by atoms with Crippen LogP contribution in [0.25, 0.3) is 0 Å². The molecule has 0 spiro atoms. The van der Waals surface area contributed by atoms with Crippen LogP contribution in [0.3, 0.4) is 0 Å². The van der Waals surface area contributed by atoms with Crippen molar-refractivity contribution in [1.29, 1.82) is 0 Å². The molecular formula is C16H15F3N2O2. The van der Waals surface area contributed by atoms with E-state index in [-0.39, 0.29) is 12.2 Å². The second-order valence-electron chi connectivity index (χ2n) is 4.74. The maximum Gasteiger partial charge on any atom is 0.416 e. The van der Waals surface area contributed by atoms with Crippen LogP contribution >= 0.6 is 0 Å². The highest BCUT2D eigenvalue weighted by molar-refractivity contribution is 5.89. The number of halogens is 3. The topological polar surface area (TPSA) is 50.4 Å². The molecule has 0 bridgehead atoms. The first-order valence-corrected chi connectivity index (χ1v) is 6.73. The number of alkyl halides is 3. The number of nitrogens with one attached hydrogen (secondary N) is 2. The Kier molecular flexibility index (Phi) is 5.10. The molecule has 4 nitrogen and oxygen atoms in total. The van der Waals surface area contributed by atoms with Crippen molar-refractivity contribution in [3.8, 4) is 5.75 Å². The van der Waals surface area contributed by atoms with Crippen molar-refractivity contribution < 1.29 is 22.7 Å². The average Bonchev–Trinajstić information content (AvgIpc) is 2.52. The van der Waals surface area contributed by atoms with Crippen LogP contribution in [0.5, 0.6) is 5.75 Å². The van der Waals surface area contributed by atoms with E-state index in [0.717, 1.165) is 17.7 Å². The first-order valence-electron chi connectivity index (χ1n) is 6.73. The van der Waals surface area contributed by atoms with Crippen molar-refractivity contribution in [1.82, 2.24) is 5.32 Å². The van der Waals surface area contributed by atoms with E-state index in [1.165, 1.54) is 19.2 Å². The number of hydrogen-bond donors (Lipinski definition) is 2. The molecule has 0 saturated heterocycles. The molecule has 0 heterocycles. The summed E-state index contributed by atoms with van der Waals surface area (Å²) in [5.41, 5.74) is 0.0644. The lowest BCUT2D eigenvalue weighted by atomic mass is 10.2. The Morgan fingerprint density at radius 3 is 2.57 bits per heavy atom. The van der Waals surface area contributed by atoms with E-state index in [1.54, 1.807) is 24.3 Å². The fraction of sp³-hybridized carbons (Fsp3) is 0.188. The fourth-order valence-electron chi connectivity index (χ4n) is 1.91. The number of methoxy groups -OCH3 is 1. The van der Waals surface area contributed by atoms with Crippen LogP contribution in [0, 0.1) is 0 Å². The Morgan fingerprint density at radius 1 is 1.13 bits per heavy atom. The summed E-state index contributed by atoms with van der Waals surface area (Å²) >= 11 is 0. The minimum absolute atomic E-state index is 0.0722. The quantitative estimate of drug-likeness (QED) is 0.892. The summed E-state index contributed by atoms with van der Waals surface area (Å²) in [5, 5.41) is 4.94. The third-order valence-electron chi connectivity index (χ3n) is 3.03. The van der Waals surface area contributed by atoms with Gasteiger partial charge in [-0.15, -0.1) is 0 Å². The number of hydrogen-bond acceptors (Lipinski definition) is 2. The number of carbonyl (C=O) groups is 1. The molecule has 0 radical (unpaired) electrons. The fourth-order valence-corrected chi connectivity index (χ4v) is 1.91. The van der Waals surface area contributed by atoms with Gasteiger partial charge in [-0.1, -0.05) is 18.2 Å². The van der Waals surface area contributed by atoms with E-state index in [1.807, 2.05) is 0 Å². The first kappa shape index (κ1) is 16.7. The predicted molar refractivity (Wildman–Crippen MR) is 80.3 cm³/mol. The molecule has 2 aromatic carbocycles. The number of anilines is 1. The SMILES string of the molecule is COc1cccc(CNC(=O)Nc2cccc(C(F)(F)F)c2)c1. The summed E-state index contributed by atoms with van der Waals surface area (Å²) in [5.74, 6) is 0.655. The van der Waals surface area contributed by atoms with Crippen LogP contribution in [0.2, 0.25) is 0 Å². The lowest BCUT2D eigenvalue weighted by Crippen LogP contribution is -2.28. The van der Waals surface area contributed by atoms with Gasteiger partial charge in [0.1, 0.15) is 5.75 Å². The monoisotopic (exact) mass is 324 g/mol. The highest BCUT2D eigenvalue weighted by atomic mass is 19.4. The highest BCUT2D eigenvalue weighted by Gasteiger charge is 2.30. The Hall–Kier alpha value is -2.70. The third-order valence-corrected chi connectivity index (χ3v) is 3.03. The van der Waals surface area contributed by atoms with Gasteiger partial charge < -0.3 is 15.4 Å². The molecule has 0 aliphatic heterocycles. The van der Waals surface area contributed by atoms with E-state index in [2.05, 4.69) is 10.6 Å². The second-order valence-corrected chi connectivity index (χ2v) is 4.74. The van der Waals surface area contributed by atoms with Crippen molar-refractivity contribution in [2.75, 3.05) is 12.4 Å². The van der Waals surface area contributed by atoms with Crippen LogP contribution in [0.4, 0.5) is 23.7 Å². The van der Waals surface area contributed by atoms with Gasteiger partial charge in [-0.25, -0.2) is 4.79 Å². The zero-order valence-electron chi connectivity index (χ0n) is 12.3. The van der Waals surface area contributed by atoms with Crippen LogP contribution in [-0.4, -0.2) is 13.1 Å². The van der Waals surface area contributed by atoms with Crippen molar-refractivity contribution in [3.63, 3.8) is 0 Å². The number of carbonyl (C=O) groups excluding carboxylic acids is 1. The van der Waals surface area contributed by atoms with Gasteiger partial charge in [-0.3, -0.25) is 0 Å². The van der Waals surface area contributed by atoms with Gasteiger partial charge in [0.25, 0.3) is 0 Å². The molecule has 2 aromatic rings.